The van der Waals surface area contributed by atoms with Gasteiger partial charge in [-0.25, -0.2) is 4.79 Å². The Morgan fingerprint density at radius 3 is 2.50 bits per heavy atom. The van der Waals surface area contributed by atoms with E-state index in [0.29, 0.717) is 0 Å². The van der Waals surface area contributed by atoms with Crippen LogP contribution in [0, 0.1) is 11.3 Å². The molecule has 0 aromatic carbocycles. The number of rotatable bonds is 8. The van der Waals surface area contributed by atoms with E-state index in [1.54, 1.807) is 6.92 Å². The second-order valence-corrected chi connectivity index (χ2v) is 10.5. The van der Waals surface area contributed by atoms with E-state index >= 15 is 0 Å². The number of esters is 1. The maximum Gasteiger partial charge on any atom is 0.334 e. The van der Waals surface area contributed by atoms with E-state index in [4.69, 9.17) is 10.00 Å². The summed E-state index contributed by atoms with van der Waals surface area (Å²) in [5.74, 6) is -0.588. The molecule has 0 aliphatic carbocycles. The van der Waals surface area contributed by atoms with E-state index in [9.17, 15) is 9.90 Å². The highest BCUT2D eigenvalue weighted by Crippen LogP contribution is 2.34. The highest BCUT2D eigenvalue weighted by molar-refractivity contribution is 6.79. The number of hydrogen-bond acceptors (Lipinski definition) is 4. The molecule has 1 N–H and O–H groups in total. The largest absolute Gasteiger partial charge is 0.464 e. The van der Waals surface area contributed by atoms with Crippen molar-refractivity contribution in [3.63, 3.8) is 0 Å². The van der Waals surface area contributed by atoms with Gasteiger partial charge < -0.3 is 9.84 Å². The summed E-state index contributed by atoms with van der Waals surface area (Å²) in [5.41, 5.74) is -0.243. The van der Waals surface area contributed by atoms with E-state index in [1.807, 2.05) is 0 Å². The van der Waals surface area contributed by atoms with E-state index in [0.717, 1.165) is 18.9 Å². The Hall–Kier alpha value is -0.863. The lowest BCUT2D eigenvalue weighted by Crippen LogP contribution is -2.43. The summed E-state index contributed by atoms with van der Waals surface area (Å²) in [6.07, 6.45) is 1.24. The lowest BCUT2D eigenvalue weighted by Gasteiger charge is -2.33. The Morgan fingerprint density at radius 1 is 1.44 bits per heavy atom. The molecule has 0 aliphatic heterocycles. The Labute approximate surface area is 111 Å². The van der Waals surface area contributed by atoms with Gasteiger partial charge in [-0.05, 0) is 6.92 Å². The van der Waals surface area contributed by atoms with Crippen LogP contribution in [0.25, 0.3) is 0 Å². The number of hydrogen-bond donors (Lipinski definition) is 1. The second kappa shape index (κ2) is 8.28. The molecule has 0 amide bonds. The standard InChI is InChI=1S/C13H25NO3Si/c1-5-7-10-18(3,4)11(8-9-14)12(15)13(16)17-6-2/h11-12,15H,5-8,10H2,1-4H3/t11-,12?/m1/s1. The quantitative estimate of drug-likeness (QED) is 0.544. The number of nitriles is 1. The Kier molecular flexibility index (Phi) is 7.88. The fourth-order valence-electron chi connectivity index (χ4n) is 2.12. The molecular formula is C13H25NO3Si. The molecule has 0 aromatic heterocycles. The molecule has 0 heterocycles. The van der Waals surface area contributed by atoms with Gasteiger partial charge in [-0.3, -0.25) is 0 Å². The van der Waals surface area contributed by atoms with Gasteiger partial charge in [0.15, 0.2) is 6.10 Å². The minimum atomic E-state index is -1.80. The molecule has 0 saturated carbocycles. The summed E-state index contributed by atoms with van der Waals surface area (Å²) >= 11 is 0. The maximum atomic E-state index is 11.6. The zero-order valence-corrected chi connectivity index (χ0v) is 12.9. The Balaban J connectivity index is 4.82. The third-order valence-electron chi connectivity index (χ3n) is 3.40. The van der Waals surface area contributed by atoms with Crippen LogP contribution in [0.5, 0.6) is 0 Å². The number of aliphatic hydroxyl groups excluding tert-OH is 1. The van der Waals surface area contributed by atoms with E-state index in [1.165, 1.54) is 0 Å². The SMILES string of the molecule is CCCC[Si](C)(C)[C@H](CC#N)C(O)C(=O)OCC. The van der Waals surface area contributed by atoms with Crippen LogP contribution in [0.4, 0.5) is 0 Å². The molecule has 0 bridgehead atoms. The van der Waals surface area contributed by atoms with Crippen molar-refractivity contribution in [1.82, 2.24) is 0 Å². The predicted octanol–water partition coefficient (Wildman–Crippen LogP) is 2.70. The predicted molar refractivity (Wildman–Crippen MR) is 73.8 cm³/mol. The van der Waals surface area contributed by atoms with Crippen molar-refractivity contribution in [2.45, 2.75) is 63.9 Å². The van der Waals surface area contributed by atoms with Gasteiger partial charge in [0.1, 0.15) is 0 Å². The third-order valence-corrected chi connectivity index (χ3v) is 7.57. The Bertz CT molecular complexity index is 299. The van der Waals surface area contributed by atoms with Crippen molar-refractivity contribution in [1.29, 1.82) is 5.26 Å². The Morgan fingerprint density at radius 2 is 2.06 bits per heavy atom. The molecule has 0 rings (SSSR count). The summed E-state index contributed by atoms with van der Waals surface area (Å²) in [6, 6.07) is 3.12. The van der Waals surface area contributed by atoms with E-state index in [-0.39, 0.29) is 18.6 Å². The minimum Gasteiger partial charge on any atom is -0.464 e. The molecule has 0 fully saturated rings. The number of nitrogens with zero attached hydrogens (tertiary/aromatic N) is 1. The molecule has 18 heavy (non-hydrogen) atoms. The summed E-state index contributed by atoms with van der Waals surface area (Å²) in [4.78, 5) is 11.6. The number of unbranched alkanes of at least 4 members (excludes halogenated alkanes) is 1. The van der Waals surface area contributed by atoms with Crippen molar-refractivity contribution < 1.29 is 14.6 Å². The molecule has 0 spiro atoms. The molecule has 2 atom stereocenters. The first-order valence-corrected chi connectivity index (χ1v) is 9.90. The highest BCUT2D eigenvalue weighted by atomic mass is 28.3. The van der Waals surface area contributed by atoms with Crippen molar-refractivity contribution in [3.05, 3.63) is 0 Å². The summed E-state index contributed by atoms with van der Waals surface area (Å²) in [6.45, 7) is 8.35. The molecule has 0 radical (unpaired) electrons. The smallest absolute Gasteiger partial charge is 0.334 e. The second-order valence-electron chi connectivity index (χ2n) is 5.26. The van der Waals surface area contributed by atoms with E-state index < -0.39 is 20.1 Å². The molecule has 0 saturated heterocycles. The summed E-state index contributed by atoms with van der Waals surface area (Å²) in [7, 11) is -1.80. The molecule has 0 aromatic rings. The van der Waals surface area contributed by atoms with Gasteiger partial charge >= 0.3 is 5.97 Å². The van der Waals surface area contributed by atoms with Gasteiger partial charge in [-0.15, -0.1) is 0 Å². The zero-order valence-electron chi connectivity index (χ0n) is 11.9. The fourth-order valence-corrected chi connectivity index (χ4v) is 5.39. The molecule has 0 aliphatic rings. The average molecular weight is 271 g/mol. The number of aliphatic hydroxyl groups is 1. The van der Waals surface area contributed by atoms with Crippen LogP contribution in [-0.4, -0.2) is 31.9 Å². The van der Waals surface area contributed by atoms with Crippen LogP contribution >= 0.6 is 0 Å². The average Bonchev–Trinajstić information content (AvgIpc) is 2.32. The van der Waals surface area contributed by atoms with Crippen molar-refractivity contribution in [2.24, 2.45) is 0 Å². The molecular weight excluding hydrogens is 246 g/mol. The van der Waals surface area contributed by atoms with Crippen LogP contribution in [0.2, 0.25) is 24.7 Å². The molecule has 5 heteroatoms. The third kappa shape index (κ3) is 5.19. The molecule has 1 unspecified atom stereocenters. The number of carbonyl (C=O) groups is 1. The summed E-state index contributed by atoms with van der Waals surface area (Å²) < 4.78 is 4.85. The van der Waals surface area contributed by atoms with Crippen molar-refractivity contribution in [3.8, 4) is 6.07 Å². The van der Waals surface area contributed by atoms with Gasteiger partial charge in [0.25, 0.3) is 0 Å². The van der Waals surface area contributed by atoms with Crippen LogP contribution in [-0.2, 0) is 9.53 Å². The monoisotopic (exact) mass is 271 g/mol. The van der Waals surface area contributed by atoms with Gasteiger partial charge in [-0.1, -0.05) is 38.9 Å². The first kappa shape index (κ1) is 17.1. The van der Waals surface area contributed by atoms with Gasteiger partial charge in [0.2, 0.25) is 0 Å². The van der Waals surface area contributed by atoms with Crippen LogP contribution in [0.3, 0.4) is 0 Å². The van der Waals surface area contributed by atoms with Crippen molar-refractivity contribution >= 4 is 14.0 Å². The van der Waals surface area contributed by atoms with Crippen LogP contribution in [0.1, 0.15) is 33.1 Å². The fraction of sp³-hybridized carbons (Fsp3) is 0.846. The lowest BCUT2D eigenvalue weighted by atomic mass is 10.2. The minimum absolute atomic E-state index is 0.225. The van der Waals surface area contributed by atoms with Gasteiger partial charge in [0, 0.05) is 12.0 Å². The lowest BCUT2D eigenvalue weighted by molar-refractivity contribution is -0.153. The van der Waals surface area contributed by atoms with Crippen LogP contribution < -0.4 is 0 Å². The summed E-state index contributed by atoms with van der Waals surface area (Å²) in [5, 5.41) is 19.0. The number of ether oxygens (including phenoxy) is 1. The highest BCUT2D eigenvalue weighted by Gasteiger charge is 2.39. The molecule has 4 nitrogen and oxygen atoms in total. The van der Waals surface area contributed by atoms with Crippen LogP contribution in [0.15, 0.2) is 0 Å². The van der Waals surface area contributed by atoms with Crippen molar-refractivity contribution in [2.75, 3.05) is 6.61 Å². The molecule has 104 valence electrons. The first-order chi connectivity index (χ1) is 8.40. The first-order valence-electron chi connectivity index (χ1n) is 6.62. The van der Waals surface area contributed by atoms with Gasteiger partial charge in [-0.2, -0.15) is 5.26 Å². The maximum absolute atomic E-state index is 11.6. The topological polar surface area (TPSA) is 70.3 Å². The number of carbonyl (C=O) groups excluding carboxylic acids is 1. The van der Waals surface area contributed by atoms with Gasteiger partial charge in [0.05, 0.1) is 20.7 Å². The normalized spacial score (nSPS) is 14.7. The zero-order chi connectivity index (χ0) is 14.2. The van der Waals surface area contributed by atoms with E-state index in [2.05, 4.69) is 26.1 Å².